The van der Waals surface area contributed by atoms with Crippen LogP contribution in [0.2, 0.25) is 0 Å². The second-order valence-corrected chi connectivity index (χ2v) is 7.50. The Hall–Kier alpha value is -2.47. The lowest BCUT2D eigenvalue weighted by Gasteiger charge is -2.37. The zero-order valence-corrected chi connectivity index (χ0v) is 15.1. The zero-order chi connectivity index (χ0) is 19.1. The molecule has 27 heavy (non-hydrogen) atoms. The number of rotatable bonds is 3. The van der Waals surface area contributed by atoms with E-state index in [4.69, 9.17) is 5.11 Å². The molecular formula is C21H22F2N2O2. The number of nitrogens with one attached hydrogen (secondary N) is 1. The Kier molecular flexibility index (Phi) is 4.60. The number of hydrogen-bond donors (Lipinski definition) is 2. The first-order valence-electron chi connectivity index (χ1n) is 9.23. The van der Waals surface area contributed by atoms with Crippen LogP contribution in [0.5, 0.6) is 0 Å². The second-order valence-electron chi connectivity index (χ2n) is 7.50. The highest BCUT2D eigenvalue weighted by Crippen LogP contribution is 2.38. The fourth-order valence-corrected chi connectivity index (χ4v) is 4.53. The van der Waals surface area contributed by atoms with Gasteiger partial charge in [-0.3, -0.25) is 0 Å². The zero-order valence-electron chi connectivity index (χ0n) is 15.1. The molecule has 0 spiro atoms. The summed E-state index contributed by atoms with van der Waals surface area (Å²) in [7, 11) is 0. The average molecular weight is 372 g/mol. The summed E-state index contributed by atoms with van der Waals surface area (Å²) in [5.74, 6) is -1.63. The van der Waals surface area contributed by atoms with Crippen molar-refractivity contribution in [3.63, 3.8) is 0 Å². The number of carbonyl (C=O) groups is 1. The van der Waals surface area contributed by atoms with Gasteiger partial charge >= 0.3 is 5.97 Å². The number of fused-ring (bicyclic) bond motifs is 1. The van der Waals surface area contributed by atoms with Crippen molar-refractivity contribution in [2.45, 2.75) is 31.8 Å². The summed E-state index contributed by atoms with van der Waals surface area (Å²) >= 11 is 0. The van der Waals surface area contributed by atoms with Crippen LogP contribution in [0.1, 0.15) is 40.4 Å². The lowest BCUT2D eigenvalue weighted by atomic mass is 9.90. The maximum Gasteiger partial charge on any atom is 0.335 e. The number of hydrogen-bond acceptors (Lipinski definition) is 3. The fourth-order valence-electron chi connectivity index (χ4n) is 4.53. The van der Waals surface area contributed by atoms with E-state index in [1.807, 2.05) is 13.0 Å². The Bertz CT molecular complexity index is 866. The molecule has 4 nitrogen and oxygen atoms in total. The molecular weight excluding hydrogens is 350 g/mol. The molecule has 2 aromatic rings. The van der Waals surface area contributed by atoms with Crippen molar-refractivity contribution in [3.8, 4) is 0 Å². The van der Waals surface area contributed by atoms with Gasteiger partial charge in [0.25, 0.3) is 0 Å². The predicted octanol–water partition coefficient (Wildman–Crippen LogP) is 3.90. The molecule has 3 unspecified atom stereocenters. The third-order valence-corrected chi connectivity index (χ3v) is 5.82. The summed E-state index contributed by atoms with van der Waals surface area (Å²) in [4.78, 5) is 13.4. The number of carboxylic acids is 1. The van der Waals surface area contributed by atoms with E-state index in [9.17, 15) is 13.6 Å². The molecule has 0 aliphatic carbocycles. The largest absolute Gasteiger partial charge is 0.478 e. The Morgan fingerprint density at radius 2 is 1.96 bits per heavy atom. The molecule has 142 valence electrons. The van der Waals surface area contributed by atoms with E-state index in [1.165, 1.54) is 18.2 Å². The van der Waals surface area contributed by atoms with Crippen LogP contribution in [-0.2, 0) is 0 Å². The minimum Gasteiger partial charge on any atom is -0.478 e. The first-order chi connectivity index (χ1) is 12.9. The summed E-state index contributed by atoms with van der Waals surface area (Å²) in [6, 6.07) is 9.11. The fraction of sp³-hybridized carbons (Fsp3) is 0.381. The number of anilines is 1. The number of carboxylic acid groups (broad SMARTS) is 1. The molecule has 3 atom stereocenters. The number of benzene rings is 2. The van der Waals surface area contributed by atoms with Crippen LogP contribution in [0, 0.1) is 24.5 Å². The standard InChI is InChI=1S/C21H22F2N2O2/c1-12-9-13(21(26)27)5-6-19(12)25-8-7-17-14(11-25)10-18(24-17)20-15(22)3-2-4-16(20)23/h2-6,9,14,17-18,24H,7-8,10-11H2,1H3,(H,26,27). The Labute approximate surface area is 156 Å². The maximum atomic E-state index is 14.1. The van der Waals surface area contributed by atoms with Gasteiger partial charge in [0.15, 0.2) is 0 Å². The molecule has 2 fully saturated rings. The summed E-state index contributed by atoms with van der Waals surface area (Å²) in [5.41, 5.74) is 2.37. The highest BCUT2D eigenvalue weighted by molar-refractivity contribution is 5.88. The predicted molar refractivity (Wildman–Crippen MR) is 99.1 cm³/mol. The summed E-state index contributed by atoms with van der Waals surface area (Å²) < 4.78 is 28.3. The van der Waals surface area contributed by atoms with Gasteiger partial charge in [-0.15, -0.1) is 0 Å². The third-order valence-electron chi connectivity index (χ3n) is 5.82. The molecule has 2 aliphatic heterocycles. The number of aryl methyl sites for hydroxylation is 1. The smallest absolute Gasteiger partial charge is 0.335 e. The van der Waals surface area contributed by atoms with Gasteiger partial charge in [0.1, 0.15) is 11.6 Å². The van der Waals surface area contributed by atoms with Gasteiger partial charge in [-0.1, -0.05) is 6.07 Å². The van der Waals surface area contributed by atoms with Crippen LogP contribution in [0.4, 0.5) is 14.5 Å². The lowest BCUT2D eigenvalue weighted by Crippen LogP contribution is -2.44. The quantitative estimate of drug-likeness (QED) is 0.858. The van der Waals surface area contributed by atoms with Gasteiger partial charge in [0.05, 0.1) is 5.56 Å². The van der Waals surface area contributed by atoms with Crippen LogP contribution in [-0.4, -0.2) is 30.2 Å². The van der Waals surface area contributed by atoms with Gasteiger partial charge < -0.3 is 15.3 Å². The molecule has 2 saturated heterocycles. The first-order valence-corrected chi connectivity index (χ1v) is 9.23. The normalized spacial score (nSPS) is 24.7. The number of aromatic carboxylic acids is 1. The van der Waals surface area contributed by atoms with Gasteiger partial charge in [-0.2, -0.15) is 0 Å². The number of nitrogens with zero attached hydrogens (tertiary/aromatic N) is 1. The highest BCUT2D eigenvalue weighted by atomic mass is 19.1. The molecule has 2 aliphatic rings. The van der Waals surface area contributed by atoms with E-state index in [2.05, 4.69) is 10.2 Å². The summed E-state index contributed by atoms with van der Waals surface area (Å²) in [6.45, 7) is 3.53. The van der Waals surface area contributed by atoms with Crippen LogP contribution in [0.3, 0.4) is 0 Å². The Morgan fingerprint density at radius 3 is 2.63 bits per heavy atom. The van der Waals surface area contributed by atoms with Gasteiger partial charge in [-0.25, -0.2) is 13.6 Å². The van der Waals surface area contributed by atoms with Crippen LogP contribution >= 0.6 is 0 Å². The minimum atomic E-state index is -0.932. The van der Waals surface area contributed by atoms with E-state index >= 15 is 0 Å². The van der Waals surface area contributed by atoms with E-state index in [0.29, 0.717) is 12.3 Å². The van der Waals surface area contributed by atoms with E-state index in [0.717, 1.165) is 30.8 Å². The van der Waals surface area contributed by atoms with E-state index in [-0.39, 0.29) is 23.2 Å². The van der Waals surface area contributed by atoms with Gasteiger partial charge in [-0.05, 0) is 61.6 Å². The molecule has 0 saturated carbocycles. The van der Waals surface area contributed by atoms with Crippen LogP contribution < -0.4 is 10.2 Å². The number of halogens is 2. The summed E-state index contributed by atoms with van der Waals surface area (Å²) in [5, 5.41) is 12.5. The average Bonchev–Trinajstić information content (AvgIpc) is 3.04. The van der Waals surface area contributed by atoms with E-state index < -0.39 is 17.6 Å². The van der Waals surface area contributed by atoms with Crippen molar-refractivity contribution in [1.82, 2.24) is 5.32 Å². The van der Waals surface area contributed by atoms with Gasteiger partial charge in [0.2, 0.25) is 0 Å². The Morgan fingerprint density at radius 1 is 1.22 bits per heavy atom. The van der Waals surface area contributed by atoms with Crippen LogP contribution in [0.15, 0.2) is 36.4 Å². The highest BCUT2D eigenvalue weighted by Gasteiger charge is 2.40. The molecule has 2 N–H and O–H groups in total. The third kappa shape index (κ3) is 3.30. The van der Waals surface area contributed by atoms with Crippen LogP contribution in [0.25, 0.3) is 0 Å². The molecule has 2 heterocycles. The molecule has 0 amide bonds. The molecule has 0 radical (unpaired) electrons. The molecule has 0 bridgehead atoms. The SMILES string of the molecule is Cc1cc(C(=O)O)ccc1N1CCC2NC(c3c(F)cccc3F)CC2C1. The molecule has 0 aromatic heterocycles. The summed E-state index contributed by atoms with van der Waals surface area (Å²) in [6.07, 6.45) is 1.57. The Balaban J connectivity index is 1.52. The molecule has 2 aromatic carbocycles. The van der Waals surface area contributed by atoms with Crippen molar-refractivity contribution in [1.29, 1.82) is 0 Å². The van der Waals surface area contributed by atoms with Crippen molar-refractivity contribution in [2.24, 2.45) is 5.92 Å². The topological polar surface area (TPSA) is 52.6 Å². The first kappa shape index (κ1) is 17.9. The maximum absolute atomic E-state index is 14.1. The second kappa shape index (κ2) is 6.93. The van der Waals surface area contributed by atoms with E-state index in [1.54, 1.807) is 12.1 Å². The van der Waals surface area contributed by atoms with Crippen molar-refractivity contribution in [3.05, 3.63) is 64.7 Å². The van der Waals surface area contributed by atoms with Crippen molar-refractivity contribution < 1.29 is 18.7 Å². The van der Waals surface area contributed by atoms with Gasteiger partial charge in [0, 0.05) is 36.4 Å². The monoisotopic (exact) mass is 372 g/mol. The number of piperidine rings is 1. The molecule has 6 heteroatoms. The minimum absolute atomic E-state index is 0.139. The van der Waals surface area contributed by atoms with Crippen molar-refractivity contribution in [2.75, 3.05) is 18.0 Å². The molecule has 4 rings (SSSR count). The van der Waals surface area contributed by atoms with Crippen molar-refractivity contribution >= 4 is 11.7 Å². The lowest BCUT2D eigenvalue weighted by molar-refractivity contribution is 0.0697.